The lowest BCUT2D eigenvalue weighted by atomic mass is 10.1. The van der Waals surface area contributed by atoms with E-state index in [0.29, 0.717) is 6.42 Å². The van der Waals surface area contributed by atoms with Crippen molar-refractivity contribution in [3.63, 3.8) is 0 Å². The third-order valence-electron chi connectivity index (χ3n) is 2.07. The van der Waals surface area contributed by atoms with Crippen LogP contribution in [-0.2, 0) is 11.2 Å². The molecule has 1 aliphatic rings. The van der Waals surface area contributed by atoms with Crippen LogP contribution in [0.25, 0.3) is 0 Å². The van der Waals surface area contributed by atoms with Crippen LogP contribution >= 0.6 is 0 Å². The van der Waals surface area contributed by atoms with E-state index in [1.54, 1.807) is 17.0 Å². The zero-order chi connectivity index (χ0) is 9.26. The SMILES string of the molecule is O=C(Cc1ccc(F)cc1)N1CC1. The van der Waals surface area contributed by atoms with E-state index in [1.807, 2.05) is 0 Å². The second-order valence-electron chi connectivity index (χ2n) is 3.18. The van der Waals surface area contributed by atoms with E-state index >= 15 is 0 Å². The van der Waals surface area contributed by atoms with E-state index in [2.05, 4.69) is 0 Å². The fraction of sp³-hybridized carbons (Fsp3) is 0.300. The minimum atomic E-state index is -0.261. The van der Waals surface area contributed by atoms with Crippen molar-refractivity contribution < 1.29 is 9.18 Å². The topological polar surface area (TPSA) is 20.1 Å². The van der Waals surface area contributed by atoms with Gasteiger partial charge in [-0.3, -0.25) is 4.79 Å². The largest absolute Gasteiger partial charge is 0.339 e. The van der Waals surface area contributed by atoms with Gasteiger partial charge in [0.1, 0.15) is 5.82 Å². The molecule has 0 radical (unpaired) electrons. The molecule has 2 rings (SSSR count). The van der Waals surface area contributed by atoms with Crippen LogP contribution in [0, 0.1) is 5.82 Å². The van der Waals surface area contributed by atoms with Gasteiger partial charge in [-0.05, 0) is 17.7 Å². The molecule has 0 N–H and O–H groups in total. The normalized spacial score (nSPS) is 14.4. The maximum absolute atomic E-state index is 12.5. The Morgan fingerprint density at radius 2 is 1.92 bits per heavy atom. The Bertz CT molecular complexity index is 316. The van der Waals surface area contributed by atoms with E-state index in [-0.39, 0.29) is 11.7 Å². The molecule has 0 bridgehead atoms. The molecule has 1 amide bonds. The summed E-state index contributed by atoms with van der Waals surface area (Å²) in [4.78, 5) is 13.1. The van der Waals surface area contributed by atoms with E-state index in [0.717, 1.165) is 18.7 Å². The van der Waals surface area contributed by atoms with Crippen molar-refractivity contribution in [2.24, 2.45) is 0 Å². The third kappa shape index (κ3) is 2.05. The van der Waals surface area contributed by atoms with Crippen molar-refractivity contribution in [1.82, 2.24) is 4.90 Å². The molecular weight excluding hydrogens is 169 g/mol. The molecule has 1 fully saturated rings. The number of hydrogen-bond donors (Lipinski definition) is 0. The molecule has 1 aromatic carbocycles. The first-order chi connectivity index (χ1) is 6.25. The van der Waals surface area contributed by atoms with Gasteiger partial charge >= 0.3 is 0 Å². The summed E-state index contributed by atoms with van der Waals surface area (Å²) in [5, 5.41) is 0. The third-order valence-corrected chi connectivity index (χ3v) is 2.07. The van der Waals surface area contributed by atoms with Gasteiger partial charge in [0, 0.05) is 13.1 Å². The van der Waals surface area contributed by atoms with Gasteiger partial charge in [0.25, 0.3) is 0 Å². The van der Waals surface area contributed by atoms with Gasteiger partial charge in [-0.15, -0.1) is 0 Å². The minimum absolute atomic E-state index is 0.131. The fourth-order valence-corrected chi connectivity index (χ4v) is 1.19. The molecule has 68 valence electrons. The van der Waals surface area contributed by atoms with Crippen molar-refractivity contribution in [3.8, 4) is 0 Å². The summed E-state index contributed by atoms with van der Waals surface area (Å²) in [5.74, 6) is -0.130. The van der Waals surface area contributed by atoms with Gasteiger partial charge in [0.15, 0.2) is 0 Å². The van der Waals surface area contributed by atoms with E-state index < -0.39 is 0 Å². The summed E-state index contributed by atoms with van der Waals surface area (Å²) in [6.07, 6.45) is 0.389. The summed E-state index contributed by atoms with van der Waals surface area (Å²) in [6, 6.07) is 6.06. The number of benzene rings is 1. The van der Waals surface area contributed by atoms with Gasteiger partial charge in [-0.25, -0.2) is 4.39 Å². The number of rotatable bonds is 2. The van der Waals surface area contributed by atoms with Crippen LogP contribution in [0.5, 0.6) is 0 Å². The first kappa shape index (κ1) is 8.23. The maximum atomic E-state index is 12.5. The number of hydrogen-bond acceptors (Lipinski definition) is 1. The highest BCUT2D eigenvalue weighted by molar-refractivity contribution is 5.80. The van der Waals surface area contributed by atoms with Crippen molar-refractivity contribution >= 4 is 5.91 Å². The highest BCUT2D eigenvalue weighted by Gasteiger charge is 2.23. The number of carbonyl (C=O) groups is 1. The van der Waals surface area contributed by atoms with Gasteiger partial charge in [-0.2, -0.15) is 0 Å². The van der Waals surface area contributed by atoms with Gasteiger partial charge in [0.2, 0.25) is 5.91 Å². The van der Waals surface area contributed by atoms with Crippen LogP contribution in [0.3, 0.4) is 0 Å². The van der Waals surface area contributed by atoms with Crippen LogP contribution < -0.4 is 0 Å². The Labute approximate surface area is 76.0 Å². The van der Waals surface area contributed by atoms with E-state index in [1.165, 1.54) is 12.1 Å². The lowest BCUT2D eigenvalue weighted by Gasteiger charge is -2.01. The summed E-state index contributed by atoms with van der Waals surface area (Å²) >= 11 is 0. The van der Waals surface area contributed by atoms with Crippen molar-refractivity contribution in [2.45, 2.75) is 6.42 Å². The molecule has 0 spiro atoms. The molecule has 1 heterocycles. The highest BCUT2D eigenvalue weighted by Crippen LogP contribution is 2.09. The van der Waals surface area contributed by atoms with Crippen LogP contribution in [0.15, 0.2) is 24.3 Å². The van der Waals surface area contributed by atoms with Crippen molar-refractivity contribution in [1.29, 1.82) is 0 Å². The van der Waals surface area contributed by atoms with Crippen LogP contribution in [0.2, 0.25) is 0 Å². The van der Waals surface area contributed by atoms with Crippen molar-refractivity contribution in [3.05, 3.63) is 35.6 Å². The van der Waals surface area contributed by atoms with Gasteiger partial charge < -0.3 is 4.90 Å². The maximum Gasteiger partial charge on any atom is 0.227 e. The Hall–Kier alpha value is -1.38. The van der Waals surface area contributed by atoms with E-state index in [4.69, 9.17) is 0 Å². The average molecular weight is 179 g/mol. The Balaban J connectivity index is 2.00. The van der Waals surface area contributed by atoms with Crippen molar-refractivity contribution in [2.75, 3.05) is 13.1 Å². The predicted octanol–water partition coefficient (Wildman–Crippen LogP) is 1.21. The highest BCUT2D eigenvalue weighted by atomic mass is 19.1. The molecule has 0 unspecified atom stereocenters. The molecule has 3 heteroatoms. The molecule has 1 saturated heterocycles. The summed E-state index contributed by atoms with van der Waals surface area (Å²) < 4.78 is 12.5. The minimum Gasteiger partial charge on any atom is -0.339 e. The van der Waals surface area contributed by atoms with Crippen LogP contribution in [-0.4, -0.2) is 23.9 Å². The van der Waals surface area contributed by atoms with Gasteiger partial charge in [-0.1, -0.05) is 12.1 Å². The zero-order valence-corrected chi connectivity index (χ0v) is 7.16. The number of nitrogens with zero attached hydrogens (tertiary/aromatic N) is 1. The second-order valence-corrected chi connectivity index (χ2v) is 3.18. The first-order valence-corrected chi connectivity index (χ1v) is 4.28. The lowest BCUT2D eigenvalue weighted by Crippen LogP contribution is -2.12. The molecular formula is C10H10FNO. The zero-order valence-electron chi connectivity index (χ0n) is 7.16. The Kier molecular flexibility index (Phi) is 2.00. The fourth-order valence-electron chi connectivity index (χ4n) is 1.19. The monoisotopic (exact) mass is 179 g/mol. The number of amides is 1. The molecule has 0 aromatic heterocycles. The standard InChI is InChI=1S/C10H10FNO/c11-9-3-1-8(2-4-9)7-10(13)12-5-6-12/h1-4H,5-7H2. The smallest absolute Gasteiger partial charge is 0.227 e. The molecule has 0 aliphatic carbocycles. The van der Waals surface area contributed by atoms with Crippen LogP contribution in [0.1, 0.15) is 5.56 Å². The molecule has 1 aliphatic heterocycles. The first-order valence-electron chi connectivity index (χ1n) is 4.28. The molecule has 1 aromatic rings. The Morgan fingerprint density at radius 3 is 2.46 bits per heavy atom. The molecule has 0 saturated carbocycles. The number of halogens is 1. The Morgan fingerprint density at radius 1 is 1.31 bits per heavy atom. The summed E-state index contributed by atoms with van der Waals surface area (Å²) in [7, 11) is 0. The summed E-state index contributed by atoms with van der Waals surface area (Å²) in [5.41, 5.74) is 0.873. The quantitative estimate of drug-likeness (QED) is 0.625. The summed E-state index contributed by atoms with van der Waals surface area (Å²) in [6.45, 7) is 1.75. The molecule has 2 nitrogen and oxygen atoms in total. The molecule has 13 heavy (non-hydrogen) atoms. The second kappa shape index (κ2) is 3.17. The van der Waals surface area contributed by atoms with Crippen LogP contribution in [0.4, 0.5) is 4.39 Å². The predicted molar refractivity (Wildman–Crippen MR) is 46.7 cm³/mol. The number of carbonyl (C=O) groups excluding carboxylic acids is 1. The van der Waals surface area contributed by atoms with E-state index in [9.17, 15) is 9.18 Å². The molecule has 0 atom stereocenters. The van der Waals surface area contributed by atoms with Gasteiger partial charge in [0.05, 0.1) is 6.42 Å². The average Bonchev–Trinajstić information content (AvgIpc) is 2.91. The lowest BCUT2D eigenvalue weighted by molar-refractivity contribution is -0.125.